The summed E-state index contributed by atoms with van der Waals surface area (Å²) in [6.45, 7) is 21.7. The van der Waals surface area contributed by atoms with E-state index in [4.69, 9.17) is 9.47 Å². The van der Waals surface area contributed by atoms with E-state index in [9.17, 15) is 14.4 Å². The van der Waals surface area contributed by atoms with Gasteiger partial charge in [-0.25, -0.2) is 0 Å². The second-order valence-corrected chi connectivity index (χ2v) is 17.3. The molecule has 2 aromatic heterocycles. The molecule has 6 bridgehead atoms. The fourth-order valence-electron chi connectivity index (χ4n) is 9.35. The van der Waals surface area contributed by atoms with Crippen LogP contribution in [0, 0.1) is 43.4 Å². The normalized spacial score (nSPS) is 24.6. The molecule has 7 atom stereocenters. The van der Waals surface area contributed by atoms with Gasteiger partial charge >= 0.3 is 11.9 Å². The number of aromatic amines is 2. The second-order valence-electron chi connectivity index (χ2n) is 17.3. The maximum Gasteiger partial charge on any atom is 0.320 e. The molecule has 2 aliphatic heterocycles. The largest absolute Gasteiger partial charge is 0.468 e. The van der Waals surface area contributed by atoms with Crippen LogP contribution in [0.5, 0.6) is 0 Å². The van der Waals surface area contributed by atoms with Crippen molar-refractivity contribution < 1.29 is 23.9 Å². The minimum Gasteiger partial charge on any atom is -0.468 e. The number of aromatic nitrogens is 2. The number of allylic oxidation sites excluding steroid dienone is 2. The molecule has 9 heteroatoms. The van der Waals surface area contributed by atoms with E-state index in [1.807, 2.05) is 25.3 Å². The molecule has 58 heavy (non-hydrogen) atoms. The number of ether oxygens (including phenoxy) is 2. The van der Waals surface area contributed by atoms with Gasteiger partial charge in [0.05, 0.1) is 12.5 Å². The van der Waals surface area contributed by atoms with Gasteiger partial charge in [0.15, 0.2) is 5.78 Å². The zero-order valence-electron chi connectivity index (χ0n) is 36.7. The highest BCUT2D eigenvalue weighted by Crippen LogP contribution is 2.40. The number of methoxy groups -OCH3 is 1. The lowest BCUT2D eigenvalue weighted by molar-refractivity contribution is -0.143. The van der Waals surface area contributed by atoms with Crippen molar-refractivity contribution in [3.63, 3.8) is 0 Å². The number of esters is 2. The highest BCUT2D eigenvalue weighted by atomic mass is 16.5. The fraction of sp³-hybridized carbons (Fsp3) is 0.571. The van der Waals surface area contributed by atoms with Crippen molar-refractivity contribution in [2.75, 3.05) is 13.7 Å². The Bertz CT molecular complexity index is 2030. The van der Waals surface area contributed by atoms with Gasteiger partial charge in [0.1, 0.15) is 12.5 Å². The molecule has 1 fully saturated rings. The summed E-state index contributed by atoms with van der Waals surface area (Å²) in [5.74, 6) is -0.630. The van der Waals surface area contributed by atoms with Crippen LogP contribution in [0.3, 0.4) is 0 Å². The molecule has 9 nitrogen and oxygen atoms in total. The number of fused-ring (bicyclic) bond motifs is 6. The van der Waals surface area contributed by atoms with E-state index in [1.54, 1.807) is 0 Å². The summed E-state index contributed by atoms with van der Waals surface area (Å²) in [6.07, 6.45) is 23.0. The first-order valence-corrected chi connectivity index (χ1v) is 21.9. The predicted octanol–water partition coefficient (Wildman–Crippen LogP) is 8.41. The average molecular weight is 795 g/mol. The lowest BCUT2D eigenvalue weighted by atomic mass is 9.79. The van der Waals surface area contributed by atoms with Gasteiger partial charge in [0.25, 0.3) is 0 Å². The topological polar surface area (TPSA) is 125 Å². The predicted molar refractivity (Wildman–Crippen MR) is 235 cm³/mol. The van der Waals surface area contributed by atoms with Crippen molar-refractivity contribution >= 4 is 35.4 Å². The number of ketones is 1. The highest BCUT2D eigenvalue weighted by molar-refractivity contribution is 6.19. The Morgan fingerprint density at radius 2 is 1.72 bits per heavy atom. The first kappa shape index (κ1) is 44.7. The highest BCUT2D eigenvalue weighted by Gasteiger charge is 2.50. The van der Waals surface area contributed by atoms with E-state index in [1.165, 1.54) is 55.9 Å². The van der Waals surface area contributed by atoms with Gasteiger partial charge in [-0.3, -0.25) is 14.4 Å². The van der Waals surface area contributed by atoms with E-state index in [0.717, 1.165) is 59.1 Å². The monoisotopic (exact) mass is 795 g/mol. The number of carbonyl (C=O) groups excluding carboxylic acids is 3. The van der Waals surface area contributed by atoms with Crippen LogP contribution in [0.1, 0.15) is 144 Å². The average Bonchev–Trinajstić information content (AvgIpc) is 3.87. The molecule has 1 saturated heterocycles. The summed E-state index contributed by atoms with van der Waals surface area (Å²) in [5, 5.41) is 8.79. The van der Waals surface area contributed by atoms with Crippen LogP contribution in [0.15, 0.2) is 42.3 Å². The Morgan fingerprint density at radius 3 is 2.43 bits per heavy atom. The van der Waals surface area contributed by atoms with Gasteiger partial charge in [0, 0.05) is 52.9 Å². The van der Waals surface area contributed by atoms with Crippen molar-refractivity contribution in [3.05, 3.63) is 86.6 Å². The number of Topliss-reactive ketones (excluding diaryl/α,β-unsaturated/α-hetero) is 1. The van der Waals surface area contributed by atoms with Gasteiger partial charge in [-0.1, -0.05) is 84.4 Å². The maximum absolute atomic E-state index is 14.3. The molecule has 0 saturated carbocycles. The summed E-state index contributed by atoms with van der Waals surface area (Å²) in [4.78, 5) is 48.3. The minimum absolute atomic E-state index is 0.0601. The maximum atomic E-state index is 14.3. The molecule has 316 valence electrons. The molecule has 2 aromatic rings. The fourth-order valence-corrected chi connectivity index (χ4v) is 9.35. The van der Waals surface area contributed by atoms with Crippen molar-refractivity contribution in [2.45, 2.75) is 138 Å². The van der Waals surface area contributed by atoms with Gasteiger partial charge in [-0.2, -0.15) is 0 Å². The number of carbonyl (C=O) groups is 3. The van der Waals surface area contributed by atoms with Crippen LogP contribution in [0.25, 0.3) is 17.7 Å². The van der Waals surface area contributed by atoms with Crippen LogP contribution in [0.4, 0.5) is 0 Å². The Morgan fingerprint density at radius 1 is 0.983 bits per heavy atom. The summed E-state index contributed by atoms with van der Waals surface area (Å²) in [6, 6.07) is -0.485. The van der Waals surface area contributed by atoms with Crippen LogP contribution in [0.2, 0.25) is 0 Å². The Balaban J connectivity index is 1.39. The molecule has 0 radical (unpaired) electrons. The molecule has 4 N–H and O–H groups in total. The van der Waals surface area contributed by atoms with E-state index < -0.39 is 11.9 Å². The molecule has 3 aliphatic rings. The number of H-pyrrole nitrogens is 2. The van der Waals surface area contributed by atoms with Crippen LogP contribution in [-0.4, -0.2) is 53.5 Å². The van der Waals surface area contributed by atoms with Crippen LogP contribution in [-0.2, 0) is 25.5 Å². The Kier molecular flexibility index (Phi) is 15.8. The van der Waals surface area contributed by atoms with Crippen LogP contribution >= 0.6 is 0 Å². The summed E-state index contributed by atoms with van der Waals surface area (Å²) in [5.41, 5.74) is 8.61. The zero-order valence-corrected chi connectivity index (χ0v) is 36.7. The molecule has 0 aromatic carbocycles. The third-order valence-corrected chi connectivity index (χ3v) is 13.3. The number of nitrogens with one attached hydrogen (secondary N) is 4. The molecule has 0 amide bonds. The Labute approximate surface area is 347 Å². The molecule has 5 rings (SSSR count). The smallest absolute Gasteiger partial charge is 0.320 e. The number of hydrogen-bond acceptors (Lipinski definition) is 7. The van der Waals surface area contributed by atoms with Crippen molar-refractivity contribution in [2.24, 2.45) is 29.6 Å². The number of rotatable bonds is 18. The minimum atomic E-state index is -1.08. The molecule has 0 spiro atoms. The van der Waals surface area contributed by atoms with Crippen molar-refractivity contribution in [3.8, 4) is 0 Å². The third kappa shape index (κ3) is 10.3. The van der Waals surface area contributed by atoms with Gasteiger partial charge in [0.2, 0.25) is 0 Å². The number of hydrogen-bond donors (Lipinski definition) is 4. The lowest BCUT2D eigenvalue weighted by Gasteiger charge is -2.25. The third-order valence-electron chi connectivity index (χ3n) is 13.3. The Hall–Kier alpha value is -4.37. The SMILES string of the molecule is C=CC/C1=C/c2[nH]c(c(CC)c2C)/C=c2\[nH]c3c(c2C)C(=O)[C@H](C(=O)OC)C=3C2NC(/C=C\N1)[C@@H](C)[C@@H]2CCC(=O)OC/C=C(/C)CCC[C@H](C)CCC[C@H](C)CC. The van der Waals surface area contributed by atoms with Gasteiger partial charge in [-0.15, -0.1) is 6.58 Å². The summed E-state index contributed by atoms with van der Waals surface area (Å²) >= 11 is 0. The van der Waals surface area contributed by atoms with Crippen molar-refractivity contribution in [1.29, 1.82) is 0 Å². The molecular weight excluding hydrogens is 725 g/mol. The first-order valence-electron chi connectivity index (χ1n) is 21.9. The second kappa shape index (κ2) is 20.5. The standard InChI is InChI=1S/C49H70N4O5/c1-11-16-35-27-39-32(7)36(13-3)41(51-39)28-40-34(9)43-47(53-40)44(45(48(43)55)49(56)57-10)46-37(33(8)38(52-46)23-25-50-35)21-22-42(54)58-26-24-31(6)20-15-19-30(5)18-14-17-29(4)12-2/h11,23-25,27-30,33,37-38,45-46,50-53H,1,12-22,26H2,2-10H3/b25-23-,31-24-,35-27-,40-28-/t29-,30-,33+,37+,38?,45-,46?/m1/s1. The molecular formula is C49H70N4O5. The van der Waals surface area contributed by atoms with E-state index in [-0.39, 0.29) is 48.7 Å². The van der Waals surface area contributed by atoms with Crippen LogP contribution < -0.4 is 21.3 Å². The van der Waals surface area contributed by atoms with Gasteiger partial charge in [-0.05, 0) is 117 Å². The quantitative estimate of drug-likeness (QED) is 0.0679. The molecule has 2 unspecified atom stereocenters. The van der Waals surface area contributed by atoms with E-state index >= 15 is 0 Å². The summed E-state index contributed by atoms with van der Waals surface area (Å²) in [7, 11) is 1.33. The van der Waals surface area contributed by atoms with E-state index in [2.05, 4.69) is 93.9 Å². The molecule has 4 heterocycles. The molecule has 1 aliphatic carbocycles. The zero-order chi connectivity index (χ0) is 42.1. The lowest BCUT2D eigenvalue weighted by Crippen LogP contribution is -2.39. The van der Waals surface area contributed by atoms with Gasteiger partial charge < -0.3 is 30.1 Å². The van der Waals surface area contributed by atoms with Crippen molar-refractivity contribution in [1.82, 2.24) is 20.6 Å². The van der Waals surface area contributed by atoms with E-state index in [0.29, 0.717) is 29.3 Å². The summed E-state index contributed by atoms with van der Waals surface area (Å²) < 4.78 is 11.0. The first-order chi connectivity index (χ1) is 27.8.